The summed E-state index contributed by atoms with van der Waals surface area (Å²) < 4.78 is 6.52. The highest BCUT2D eigenvalue weighted by atomic mass is 16.5. The first-order valence-electron chi connectivity index (χ1n) is 19.1. The normalized spacial score (nSPS) is 15.6. The maximum absolute atomic E-state index is 6.52. The number of aliphatic imine (C=N–C) groups is 1. The minimum Gasteiger partial charge on any atom is -0.457 e. The largest absolute Gasteiger partial charge is 0.457 e. The summed E-state index contributed by atoms with van der Waals surface area (Å²) in [7, 11) is 0. The monoisotopic (exact) mass is 717 g/mol. The van der Waals surface area contributed by atoms with Gasteiger partial charge in [0, 0.05) is 28.5 Å². The van der Waals surface area contributed by atoms with Gasteiger partial charge in [-0.15, -0.1) is 0 Å². The number of hydrogen-bond donors (Lipinski definition) is 1. The molecule has 1 aliphatic carbocycles. The molecule has 1 aromatic heterocycles. The first-order valence-corrected chi connectivity index (χ1v) is 19.1. The fourth-order valence-corrected chi connectivity index (χ4v) is 8.85. The van der Waals surface area contributed by atoms with E-state index < -0.39 is 5.41 Å². The van der Waals surface area contributed by atoms with E-state index in [4.69, 9.17) is 14.7 Å². The van der Waals surface area contributed by atoms with E-state index in [1.165, 1.54) is 16.7 Å². The number of ether oxygens (including phenoxy) is 1. The molecule has 1 spiro atoms. The van der Waals surface area contributed by atoms with Gasteiger partial charge in [-0.1, -0.05) is 158 Å². The minimum absolute atomic E-state index is 0.0000245. The number of aromatic nitrogens is 1. The van der Waals surface area contributed by atoms with Gasteiger partial charge in [0.25, 0.3) is 0 Å². The van der Waals surface area contributed by atoms with Gasteiger partial charge in [-0.3, -0.25) is 4.98 Å². The van der Waals surface area contributed by atoms with Crippen LogP contribution >= 0.6 is 0 Å². The van der Waals surface area contributed by atoms with Crippen LogP contribution in [0.25, 0.3) is 39.1 Å². The zero-order chi connectivity index (χ0) is 37.1. The lowest BCUT2D eigenvalue weighted by Gasteiger charge is -2.38. The van der Waals surface area contributed by atoms with E-state index in [2.05, 4.69) is 175 Å². The molecule has 264 valence electrons. The second kappa shape index (κ2) is 12.9. The van der Waals surface area contributed by atoms with Gasteiger partial charge in [0.05, 0.1) is 22.8 Å². The third-order valence-corrected chi connectivity index (χ3v) is 11.4. The summed E-state index contributed by atoms with van der Waals surface area (Å²) in [5.41, 5.74) is 15.2. The quantitative estimate of drug-likeness (QED) is 0.193. The molecule has 11 rings (SSSR count). The summed E-state index contributed by atoms with van der Waals surface area (Å²) >= 11 is 0. The van der Waals surface area contributed by atoms with Crippen LogP contribution in [0.15, 0.2) is 205 Å². The smallest absolute Gasteiger partial charge is 0.134 e. The standard InChI is InChI=1S/C52H35N3O/c1-3-13-36(14-4-1)46-33-47(37-15-5-2-6-16-37)55-51(54-46)40-18-11-17-38(31-40)34-24-26-35(27-25-34)39-28-29-41-42-19-12-30-53-50(42)52(45(41)32-39)43-20-7-9-22-48(43)56-49-23-10-8-21-44(49)52/h1-33,46H,(H,54,55). The maximum Gasteiger partial charge on any atom is 0.134 e. The molecule has 0 amide bonds. The number of rotatable bonds is 5. The second-order valence-corrected chi connectivity index (χ2v) is 14.6. The first kappa shape index (κ1) is 32.2. The molecular weight excluding hydrogens is 683 g/mol. The van der Waals surface area contributed by atoms with Crippen molar-refractivity contribution in [2.24, 2.45) is 4.99 Å². The summed E-state index contributed by atoms with van der Waals surface area (Å²) in [4.78, 5) is 10.3. The summed E-state index contributed by atoms with van der Waals surface area (Å²) in [5.74, 6) is 2.59. The topological polar surface area (TPSA) is 46.5 Å². The van der Waals surface area contributed by atoms with E-state index in [0.717, 1.165) is 78.8 Å². The van der Waals surface area contributed by atoms with E-state index in [1.54, 1.807) is 0 Å². The summed E-state index contributed by atoms with van der Waals surface area (Å²) in [6, 6.07) is 66.5. The van der Waals surface area contributed by atoms with Crippen molar-refractivity contribution in [1.82, 2.24) is 10.3 Å². The lowest BCUT2D eigenvalue weighted by Crippen LogP contribution is -2.33. The van der Waals surface area contributed by atoms with Gasteiger partial charge < -0.3 is 10.1 Å². The molecule has 56 heavy (non-hydrogen) atoms. The Morgan fingerprint density at radius 1 is 0.464 bits per heavy atom. The molecule has 4 heteroatoms. The Morgan fingerprint density at radius 2 is 1.07 bits per heavy atom. The predicted octanol–water partition coefficient (Wildman–Crippen LogP) is 12.0. The second-order valence-electron chi connectivity index (χ2n) is 14.6. The third-order valence-electron chi connectivity index (χ3n) is 11.4. The summed E-state index contributed by atoms with van der Waals surface area (Å²) in [6.45, 7) is 0. The average molecular weight is 718 g/mol. The Balaban J connectivity index is 0.966. The van der Waals surface area contributed by atoms with Crippen molar-refractivity contribution < 1.29 is 4.74 Å². The van der Waals surface area contributed by atoms with E-state index >= 15 is 0 Å². The Morgan fingerprint density at radius 3 is 1.80 bits per heavy atom. The molecule has 0 saturated heterocycles. The zero-order valence-electron chi connectivity index (χ0n) is 30.4. The number of hydrogen-bond acceptors (Lipinski definition) is 4. The molecular formula is C52H35N3O. The van der Waals surface area contributed by atoms with Crippen LogP contribution in [0.3, 0.4) is 0 Å². The lowest BCUT2D eigenvalue weighted by atomic mass is 9.67. The fourth-order valence-electron chi connectivity index (χ4n) is 8.85. The first-order chi connectivity index (χ1) is 27.7. The lowest BCUT2D eigenvalue weighted by molar-refractivity contribution is 0.434. The SMILES string of the molecule is C1=C(c2ccccc2)N=C(c2cccc(-c3ccc(-c4ccc5c(c4)C4(c6ccccc6Oc6ccccc64)c4ncccc4-5)cc3)c2)NC1c1ccccc1. The number of nitrogens with one attached hydrogen (secondary N) is 1. The Hall–Kier alpha value is -7.30. The number of benzene rings is 7. The van der Waals surface area contributed by atoms with Crippen LogP contribution in [0.1, 0.15) is 45.1 Å². The maximum atomic E-state index is 6.52. The van der Waals surface area contributed by atoms with Crippen molar-refractivity contribution in [2.75, 3.05) is 0 Å². The van der Waals surface area contributed by atoms with Gasteiger partial charge in [-0.2, -0.15) is 0 Å². The minimum atomic E-state index is -0.599. The zero-order valence-corrected chi connectivity index (χ0v) is 30.4. The highest BCUT2D eigenvalue weighted by molar-refractivity contribution is 6.04. The van der Waals surface area contributed by atoms with E-state index in [9.17, 15) is 0 Å². The molecule has 0 bridgehead atoms. The highest BCUT2D eigenvalue weighted by Gasteiger charge is 2.52. The van der Waals surface area contributed by atoms with Crippen molar-refractivity contribution in [3.05, 3.63) is 239 Å². The van der Waals surface area contributed by atoms with Crippen molar-refractivity contribution in [3.63, 3.8) is 0 Å². The van der Waals surface area contributed by atoms with Gasteiger partial charge in [0.15, 0.2) is 0 Å². The number of amidine groups is 1. The molecule has 4 nitrogen and oxygen atoms in total. The molecule has 2 aliphatic heterocycles. The summed E-state index contributed by atoms with van der Waals surface area (Å²) in [6.07, 6.45) is 4.13. The molecule has 0 radical (unpaired) electrons. The highest BCUT2D eigenvalue weighted by Crippen LogP contribution is 2.61. The molecule has 3 aliphatic rings. The van der Waals surface area contributed by atoms with Crippen LogP contribution < -0.4 is 10.1 Å². The van der Waals surface area contributed by atoms with Crippen LogP contribution in [-0.4, -0.2) is 10.8 Å². The van der Waals surface area contributed by atoms with Gasteiger partial charge in [0.1, 0.15) is 17.3 Å². The molecule has 0 saturated carbocycles. The van der Waals surface area contributed by atoms with Crippen LogP contribution in [0.2, 0.25) is 0 Å². The predicted molar refractivity (Wildman–Crippen MR) is 226 cm³/mol. The van der Waals surface area contributed by atoms with Gasteiger partial charge in [-0.05, 0) is 80.9 Å². The Bertz CT molecular complexity index is 2810. The number of nitrogens with zero attached hydrogens (tertiary/aromatic N) is 2. The van der Waals surface area contributed by atoms with Crippen LogP contribution in [0.4, 0.5) is 0 Å². The van der Waals surface area contributed by atoms with E-state index in [1.807, 2.05) is 30.5 Å². The van der Waals surface area contributed by atoms with Gasteiger partial charge in [0.2, 0.25) is 0 Å². The van der Waals surface area contributed by atoms with Crippen molar-refractivity contribution >= 4 is 11.5 Å². The van der Waals surface area contributed by atoms with Crippen molar-refractivity contribution in [2.45, 2.75) is 11.5 Å². The van der Waals surface area contributed by atoms with E-state index in [-0.39, 0.29) is 6.04 Å². The third kappa shape index (κ3) is 5.07. The fraction of sp³-hybridized carbons (Fsp3) is 0.0385. The molecule has 7 aromatic carbocycles. The molecule has 8 aromatic rings. The van der Waals surface area contributed by atoms with Crippen LogP contribution in [-0.2, 0) is 5.41 Å². The number of fused-ring (bicyclic) bond motifs is 9. The van der Waals surface area contributed by atoms with Gasteiger partial charge in [-0.25, -0.2) is 4.99 Å². The average Bonchev–Trinajstić information content (AvgIpc) is 3.57. The molecule has 1 atom stereocenters. The molecule has 1 N–H and O–H groups in total. The number of pyridine rings is 1. The molecule has 3 heterocycles. The number of para-hydroxylation sites is 2. The Kier molecular flexibility index (Phi) is 7.42. The molecule has 0 fully saturated rings. The van der Waals surface area contributed by atoms with Crippen molar-refractivity contribution in [3.8, 4) is 44.9 Å². The summed E-state index contributed by atoms with van der Waals surface area (Å²) in [5, 5.41) is 3.72. The van der Waals surface area contributed by atoms with Crippen LogP contribution in [0, 0.1) is 0 Å². The van der Waals surface area contributed by atoms with Crippen LogP contribution in [0.5, 0.6) is 11.5 Å². The Labute approximate surface area is 326 Å². The molecule has 1 unspecified atom stereocenters. The van der Waals surface area contributed by atoms with Crippen molar-refractivity contribution in [1.29, 1.82) is 0 Å². The van der Waals surface area contributed by atoms with Gasteiger partial charge >= 0.3 is 0 Å². The van der Waals surface area contributed by atoms with E-state index in [0.29, 0.717) is 0 Å².